The average Bonchev–Trinajstić information content (AvgIpc) is 2.39. The van der Waals surface area contributed by atoms with E-state index in [0.717, 1.165) is 6.07 Å². The molecule has 0 radical (unpaired) electrons. The highest BCUT2D eigenvalue weighted by molar-refractivity contribution is 6.30. The van der Waals surface area contributed by atoms with Gasteiger partial charge in [-0.2, -0.15) is 0 Å². The number of rotatable bonds is 7. The van der Waals surface area contributed by atoms with Gasteiger partial charge in [-0.1, -0.05) is 11.6 Å². The van der Waals surface area contributed by atoms with Crippen molar-refractivity contribution in [1.82, 2.24) is 4.90 Å². The highest BCUT2D eigenvalue weighted by atomic mass is 35.5. The van der Waals surface area contributed by atoms with Crippen LogP contribution in [0.1, 0.15) is 12.8 Å². The molecule has 0 aliphatic rings. The SMILES string of the molecule is CN(CCCC(=O)O)C(=O)COc1ccc(F)c(Cl)c1. The Bertz CT molecular complexity index is 495. The normalized spacial score (nSPS) is 10.2. The molecule has 0 fully saturated rings. The van der Waals surface area contributed by atoms with Crippen molar-refractivity contribution in [1.29, 1.82) is 0 Å². The van der Waals surface area contributed by atoms with Crippen molar-refractivity contribution in [3.05, 3.63) is 29.0 Å². The van der Waals surface area contributed by atoms with E-state index in [1.807, 2.05) is 0 Å². The second-order valence-electron chi connectivity index (χ2n) is 4.18. The number of carbonyl (C=O) groups is 2. The number of benzene rings is 1. The smallest absolute Gasteiger partial charge is 0.303 e. The number of aliphatic carboxylic acids is 1. The summed E-state index contributed by atoms with van der Waals surface area (Å²) in [6.45, 7) is 0.115. The van der Waals surface area contributed by atoms with E-state index >= 15 is 0 Å². The van der Waals surface area contributed by atoms with E-state index in [2.05, 4.69) is 0 Å². The van der Waals surface area contributed by atoms with Gasteiger partial charge in [0.2, 0.25) is 0 Å². The van der Waals surface area contributed by atoms with Crippen LogP contribution in [0.2, 0.25) is 5.02 Å². The predicted octanol–water partition coefficient (Wildman–Crippen LogP) is 2.18. The zero-order valence-corrected chi connectivity index (χ0v) is 11.7. The van der Waals surface area contributed by atoms with Gasteiger partial charge in [0.25, 0.3) is 5.91 Å². The Morgan fingerprint density at radius 2 is 2.15 bits per heavy atom. The van der Waals surface area contributed by atoms with Gasteiger partial charge < -0.3 is 14.7 Å². The summed E-state index contributed by atoms with van der Waals surface area (Å²) >= 11 is 5.58. The van der Waals surface area contributed by atoms with Crippen LogP contribution in [0.25, 0.3) is 0 Å². The lowest BCUT2D eigenvalue weighted by Crippen LogP contribution is -2.32. The first-order valence-corrected chi connectivity index (χ1v) is 6.31. The molecule has 0 aromatic heterocycles. The Balaban J connectivity index is 2.38. The number of likely N-dealkylation sites (N-methyl/N-ethyl adjacent to an activating group) is 1. The second kappa shape index (κ2) is 7.69. The van der Waals surface area contributed by atoms with Crippen molar-refractivity contribution in [2.45, 2.75) is 12.8 Å². The Morgan fingerprint density at radius 3 is 2.75 bits per heavy atom. The van der Waals surface area contributed by atoms with Crippen molar-refractivity contribution < 1.29 is 23.8 Å². The van der Waals surface area contributed by atoms with Gasteiger partial charge in [0.05, 0.1) is 5.02 Å². The van der Waals surface area contributed by atoms with E-state index in [-0.39, 0.29) is 24.0 Å². The maximum absolute atomic E-state index is 12.9. The summed E-state index contributed by atoms with van der Waals surface area (Å²) in [7, 11) is 1.56. The molecule has 1 amide bonds. The van der Waals surface area contributed by atoms with E-state index in [4.69, 9.17) is 21.4 Å². The monoisotopic (exact) mass is 303 g/mol. The maximum atomic E-state index is 12.9. The van der Waals surface area contributed by atoms with Crippen LogP contribution in [0.5, 0.6) is 5.75 Å². The van der Waals surface area contributed by atoms with Crippen LogP contribution in [0.3, 0.4) is 0 Å². The van der Waals surface area contributed by atoms with Gasteiger partial charge in [-0.3, -0.25) is 9.59 Å². The number of hydrogen-bond donors (Lipinski definition) is 1. The summed E-state index contributed by atoms with van der Waals surface area (Å²) in [5.41, 5.74) is 0. The van der Waals surface area contributed by atoms with Gasteiger partial charge in [0, 0.05) is 26.1 Å². The first kappa shape index (κ1) is 16.2. The molecule has 110 valence electrons. The summed E-state index contributed by atoms with van der Waals surface area (Å²) in [6, 6.07) is 3.81. The molecule has 0 atom stereocenters. The third kappa shape index (κ3) is 5.44. The van der Waals surface area contributed by atoms with Crippen LogP contribution in [0, 0.1) is 5.82 Å². The minimum atomic E-state index is -0.900. The molecule has 0 aliphatic heterocycles. The van der Waals surface area contributed by atoms with Crippen molar-refractivity contribution in [3.8, 4) is 5.75 Å². The number of hydrogen-bond acceptors (Lipinski definition) is 3. The van der Waals surface area contributed by atoms with Crippen molar-refractivity contribution in [3.63, 3.8) is 0 Å². The topological polar surface area (TPSA) is 66.8 Å². The summed E-state index contributed by atoms with van der Waals surface area (Å²) < 4.78 is 18.1. The molecular formula is C13H15ClFNO4. The number of ether oxygens (including phenoxy) is 1. The molecule has 20 heavy (non-hydrogen) atoms. The summed E-state index contributed by atoms with van der Waals surface area (Å²) in [6.07, 6.45) is 0.381. The van der Waals surface area contributed by atoms with Crippen molar-refractivity contribution in [2.75, 3.05) is 20.2 Å². The molecule has 1 aromatic carbocycles. The highest BCUT2D eigenvalue weighted by Crippen LogP contribution is 2.20. The fraction of sp³-hybridized carbons (Fsp3) is 0.385. The van der Waals surface area contributed by atoms with Gasteiger partial charge in [0.15, 0.2) is 6.61 Å². The first-order valence-electron chi connectivity index (χ1n) is 5.93. The third-order valence-electron chi connectivity index (χ3n) is 2.56. The first-order chi connectivity index (χ1) is 9.40. The fourth-order valence-electron chi connectivity index (χ4n) is 1.41. The summed E-state index contributed by atoms with van der Waals surface area (Å²) in [5, 5.41) is 8.42. The van der Waals surface area contributed by atoms with E-state index in [9.17, 15) is 14.0 Å². The standard InChI is InChI=1S/C13H15ClFNO4/c1-16(6-2-3-13(18)19)12(17)8-20-9-4-5-11(15)10(14)7-9/h4-5,7H,2-3,6,8H2,1H3,(H,18,19). The van der Waals surface area contributed by atoms with E-state index in [1.165, 1.54) is 17.0 Å². The lowest BCUT2D eigenvalue weighted by molar-refractivity contribution is -0.138. The lowest BCUT2D eigenvalue weighted by atomic mass is 10.3. The van der Waals surface area contributed by atoms with Gasteiger partial charge in [-0.15, -0.1) is 0 Å². The van der Waals surface area contributed by atoms with Crippen LogP contribution in [0.4, 0.5) is 4.39 Å². The molecule has 0 heterocycles. The Hall–Kier alpha value is -1.82. The molecule has 0 aliphatic carbocycles. The van der Waals surface area contributed by atoms with E-state index in [1.54, 1.807) is 7.05 Å². The highest BCUT2D eigenvalue weighted by Gasteiger charge is 2.10. The van der Waals surface area contributed by atoms with Crippen LogP contribution in [-0.4, -0.2) is 42.1 Å². The number of amides is 1. The third-order valence-corrected chi connectivity index (χ3v) is 2.85. The Labute approximate surface area is 120 Å². The molecule has 0 bridgehead atoms. The predicted molar refractivity (Wildman–Crippen MR) is 71.4 cm³/mol. The molecule has 1 rings (SSSR count). The Morgan fingerprint density at radius 1 is 1.45 bits per heavy atom. The zero-order chi connectivity index (χ0) is 15.1. The summed E-state index contributed by atoms with van der Waals surface area (Å²) in [4.78, 5) is 23.4. The van der Waals surface area contributed by atoms with Crippen LogP contribution in [-0.2, 0) is 9.59 Å². The molecule has 0 unspecified atom stereocenters. The molecule has 0 spiro atoms. The lowest BCUT2D eigenvalue weighted by Gasteiger charge is -2.17. The number of nitrogens with zero attached hydrogens (tertiary/aromatic N) is 1. The van der Waals surface area contributed by atoms with Crippen LogP contribution in [0.15, 0.2) is 18.2 Å². The molecule has 5 nitrogen and oxygen atoms in total. The fourth-order valence-corrected chi connectivity index (χ4v) is 1.58. The zero-order valence-electron chi connectivity index (χ0n) is 10.9. The van der Waals surface area contributed by atoms with E-state index < -0.39 is 11.8 Å². The molecule has 1 N–H and O–H groups in total. The van der Waals surface area contributed by atoms with Gasteiger partial charge in [0.1, 0.15) is 11.6 Å². The van der Waals surface area contributed by atoms with Gasteiger partial charge in [-0.05, 0) is 18.6 Å². The average molecular weight is 304 g/mol. The number of carbonyl (C=O) groups excluding carboxylic acids is 1. The van der Waals surface area contributed by atoms with Crippen LogP contribution < -0.4 is 4.74 Å². The molecule has 0 saturated carbocycles. The van der Waals surface area contributed by atoms with Crippen LogP contribution >= 0.6 is 11.6 Å². The molecule has 0 saturated heterocycles. The quantitative estimate of drug-likeness (QED) is 0.838. The molecule has 7 heteroatoms. The van der Waals surface area contributed by atoms with Gasteiger partial charge >= 0.3 is 5.97 Å². The number of carboxylic acids is 1. The second-order valence-corrected chi connectivity index (χ2v) is 4.58. The Kier molecular flexibility index (Phi) is 6.24. The number of carboxylic acid groups (broad SMARTS) is 1. The number of halogens is 2. The van der Waals surface area contributed by atoms with E-state index in [0.29, 0.717) is 18.7 Å². The van der Waals surface area contributed by atoms with Crippen molar-refractivity contribution >= 4 is 23.5 Å². The van der Waals surface area contributed by atoms with Gasteiger partial charge in [-0.25, -0.2) is 4.39 Å². The summed E-state index contributed by atoms with van der Waals surface area (Å²) in [5.74, 6) is -1.46. The minimum absolute atomic E-state index is 0.00600. The minimum Gasteiger partial charge on any atom is -0.484 e. The van der Waals surface area contributed by atoms with Crippen molar-refractivity contribution in [2.24, 2.45) is 0 Å². The molecular weight excluding hydrogens is 289 g/mol. The molecule has 1 aromatic rings. The maximum Gasteiger partial charge on any atom is 0.303 e. The largest absolute Gasteiger partial charge is 0.484 e.